The number of ether oxygens (including phenoxy) is 3. The van der Waals surface area contributed by atoms with Crippen LogP contribution < -0.4 is 14.2 Å². The van der Waals surface area contributed by atoms with Crippen molar-refractivity contribution in [3.05, 3.63) is 30.4 Å². The van der Waals surface area contributed by atoms with E-state index in [9.17, 15) is 15.0 Å². The van der Waals surface area contributed by atoms with Gasteiger partial charge in [-0.2, -0.15) is 0 Å². The Morgan fingerprint density at radius 1 is 1.35 bits per heavy atom. The average molecular weight is 360 g/mol. The number of benzene rings is 1. The summed E-state index contributed by atoms with van der Waals surface area (Å²) in [5.74, 6) is 0.473. The number of Topliss-reactive ketones (excluding diaryl/α,β-unsaturated/α-hetero) is 1. The molecule has 2 aliphatic carbocycles. The summed E-state index contributed by atoms with van der Waals surface area (Å²) in [6, 6.07) is 3.71. The Labute approximate surface area is 152 Å². The Balaban J connectivity index is 1.84. The first kappa shape index (κ1) is 17.4. The zero-order valence-electron chi connectivity index (χ0n) is 15.0. The number of allylic oxidation sites excluding steroid dienone is 1. The van der Waals surface area contributed by atoms with Gasteiger partial charge in [0, 0.05) is 5.41 Å². The Hall–Kier alpha value is -2.05. The number of methoxy groups -OCH3 is 1. The number of aliphatic hydroxyl groups excluding tert-OH is 2. The van der Waals surface area contributed by atoms with E-state index < -0.39 is 23.5 Å². The molecular formula is C20H24O6. The summed E-state index contributed by atoms with van der Waals surface area (Å²) < 4.78 is 16.4. The minimum Gasteiger partial charge on any atom is -0.493 e. The van der Waals surface area contributed by atoms with Crippen LogP contribution in [0.15, 0.2) is 24.8 Å². The van der Waals surface area contributed by atoms with E-state index in [2.05, 4.69) is 6.58 Å². The van der Waals surface area contributed by atoms with Gasteiger partial charge in [-0.15, -0.1) is 6.58 Å². The van der Waals surface area contributed by atoms with Crippen molar-refractivity contribution in [1.82, 2.24) is 0 Å². The molecule has 3 aliphatic rings. The molecule has 6 nitrogen and oxygen atoms in total. The van der Waals surface area contributed by atoms with Gasteiger partial charge in [-0.3, -0.25) is 4.79 Å². The number of hydrogen-bond donors (Lipinski definition) is 2. The molecule has 1 heterocycles. The number of hydrogen-bond acceptors (Lipinski definition) is 6. The van der Waals surface area contributed by atoms with Gasteiger partial charge in [0.25, 0.3) is 0 Å². The first-order valence-electron chi connectivity index (χ1n) is 8.93. The number of carbonyl (C=O) groups excluding carboxylic acids is 1. The molecule has 1 aromatic carbocycles. The molecule has 0 radical (unpaired) electrons. The molecule has 2 bridgehead atoms. The molecule has 2 saturated carbocycles. The number of fused-ring (bicyclic) bond motifs is 3. The van der Waals surface area contributed by atoms with E-state index in [0.717, 1.165) is 5.56 Å². The van der Waals surface area contributed by atoms with Crippen LogP contribution in [0.4, 0.5) is 0 Å². The number of rotatable bonds is 4. The molecule has 6 atom stereocenters. The molecule has 0 aromatic heterocycles. The van der Waals surface area contributed by atoms with Crippen LogP contribution in [0, 0.1) is 17.3 Å². The lowest BCUT2D eigenvalue weighted by molar-refractivity contribution is -0.146. The maximum absolute atomic E-state index is 12.7. The van der Waals surface area contributed by atoms with Crippen molar-refractivity contribution in [1.29, 1.82) is 0 Å². The first-order chi connectivity index (χ1) is 12.4. The standard InChI is InChI=1S/C20H24O6/c1-4-5-20-8-12(21)17(22)16(19(20)23)15(10(20)2)11-6-13(24-3)18-14(7-11)25-9-26-18/h4,6-7,10,12,15-16,19,21,23H,1,5,8-9H2,2-3H3. The topological polar surface area (TPSA) is 85.2 Å². The third-order valence-corrected chi connectivity index (χ3v) is 6.58. The van der Waals surface area contributed by atoms with Crippen LogP contribution in [-0.2, 0) is 4.79 Å². The largest absolute Gasteiger partial charge is 0.493 e. The molecule has 26 heavy (non-hydrogen) atoms. The van der Waals surface area contributed by atoms with Crippen LogP contribution in [0.2, 0.25) is 0 Å². The van der Waals surface area contributed by atoms with E-state index in [1.807, 2.05) is 19.1 Å². The fraction of sp³-hybridized carbons (Fsp3) is 0.550. The summed E-state index contributed by atoms with van der Waals surface area (Å²) in [4.78, 5) is 12.7. The lowest BCUT2D eigenvalue weighted by atomic mass is 9.66. The second-order valence-corrected chi connectivity index (χ2v) is 7.59. The summed E-state index contributed by atoms with van der Waals surface area (Å²) in [6.45, 7) is 5.98. The van der Waals surface area contributed by atoms with Crippen molar-refractivity contribution in [3.63, 3.8) is 0 Å². The van der Waals surface area contributed by atoms with Crippen LogP contribution in [-0.4, -0.2) is 42.1 Å². The van der Waals surface area contributed by atoms with Crippen molar-refractivity contribution in [3.8, 4) is 17.2 Å². The molecule has 4 rings (SSSR count). The summed E-state index contributed by atoms with van der Waals surface area (Å²) in [5, 5.41) is 21.4. The molecule has 1 aromatic rings. The maximum Gasteiger partial charge on any atom is 0.231 e. The molecule has 6 unspecified atom stereocenters. The highest BCUT2D eigenvalue weighted by Gasteiger charge is 2.64. The average Bonchev–Trinajstić information content (AvgIpc) is 3.15. The van der Waals surface area contributed by atoms with E-state index >= 15 is 0 Å². The van der Waals surface area contributed by atoms with Crippen molar-refractivity contribution in [2.24, 2.45) is 17.3 Å². The third-order valence-electron chi connectivity index (χ3n) is 6.58. The van der Waals surface area contributed by atoms with Gasteiger partial charge in [-0.1, -0.05) is 13.0 Å². The highest BCUT2D eigenvalue weighted by atomic mass is 16.7. The van der Waals surface area contributed by atoms with E-state index in [1.54, 1.807) is 13.2 Å². The van der Waals surface area contributed by atoms with Crippen molar-refractivity contribution < 1.29 is 29.2 Å². The Morgan fingerprint density at radius 2 is 2.12 bits per heavy atom. The van der Waals surface area contributed by atoms with E-state index in [4.69, 9.17) is 14.2 Å². The molecule has 2 fully saturated rings. The highest BCUT2D eigenvalue weighted by molar-refractivity contribution is 5.89. The lowest BCUT2D eigenvalue weighted by Crippen LogP contribution is -2.49. The summed E-state index contributed by atoms with van der Waals surface area (Å²) in [7, 11) is 1.56. The summed E-state index contributed by atoms with van der Waals surface area (Å²) in [5.41, 5.74) is 0.296. The fourth-order valence-electron chi connectivity index (χ4n) is 5.31. The number of carbonyl (C=O) groups is 1. The Kier molecular flexibility index (Phi) is 4.00. The van der Waals surface area contributed by atoms with E-state index in [1.165, 1.54) is 0 Å². The second-order valence-electron chi connectivity index (χ2n) is 7.59. The summed E-state index contributed by atoms with van der Waals surface area (Å²) >= 11 is 0. The molecule has 1 aliphatic heterocycles. The van der Waals surface area contributed by atoms with Crippen LogP contribution in [0.5, 0.6) is 17.2 Å². The van der Waals surface area contributed by atoms with Crippen LogP contribution >= 0.6 is 0 Å². The molecule has 0 amide bonds. The monoisotopic (exact) mass is 360 g/mol. The van der Waals surface area contributed by atoms with E-state index in [-0.39, 0.29) is 30.8 Å². The predicted molar refractivity (Wildman–Crippen MR) is 93.4 cm³/mol. The first-order valence-corrected chi connectivity index (χ1v) is 8.93. The minimum absolute atomic E-state index is 0.0216. The zero-order valence-corrected chi connectivity index (χ0v) is 15.0. The Bertz CT molecular complexity index is 759. The SMILES string of the molecule is C=CCC12CC(O)C(=O)C(C(c3cc(OC)c4c(c3)OCO4)C1C)C2O. The number of aliphatic hydroxyl groups is 2. The van der Waals surface area contributed by atoms with Gasteiger partial charge in [0.05, 0.1) is 19.1 Å². The van der Waals surface area contributed by atoms with Gasteiger partial charge in [0.15, 0.2) is 17.3 Å². The van der Waals surface area contributed by atoms with Crippen LogP contribution in [0.25, 0.3) is 0 Å². The van der Waals surface area contributed by atoms with Gasteiger partial charge < -0.3 is 24.4 Å². The molecule has 0 spiro atoms. The zero-order chi connectivity index (χ0) is 18.6. The maximum atomic E-state index is 12.7. The van der Waals surface area contributed by atoms with Gasteiger partial charge in [-0.05, 0) is 42.4 Å². The normalized spacial score (nSPS) is 37.7. The van der Waals surface area contributed by atoms with Gasteiger partial charge in [0.2, 0.25) is 12.5 Å². The fourth-order valence-corrected chi connectivity index (χ4v) is 5.31. The predicted octanol–water partition coefficient (Wildman–Crippen LogP) is 2.03. The van der Waals surface area contributed by atoms with Crippen molar-refractivity contribution in [2.45, 2.75) is 37.9 Å². The second kappa shape index (κ2) is 5.99. The minimum atomic E-state index is -1.05. The molecule has 0 saturated heterocycles. The van der Waals surface area contributed by atoms with E-state index in [0.29, 0.717) is 23.7 Å². The smallest absolute Gasteiger partial charge is 0.231 e. The van der Waals surface area contributed by atoms with Crippen LogP contribution in [0.3, 0.4) is 0 Å². The quantitative estimate of drug-likeness (QED) is 0.799. The van der Waals surface area contributed by atoms with Gasteiger partial charge >= 0.3 is 0 Å². The third kappa shape index (κ3) is 2.15. The van der Waals surface area contributed by atoms with Crippen molar-refractivity contribution >= 4 is 5.78 Å². The molecule has 140 valence electrons. The number of ketones is 1. The molecular weight excluding hydrogens is 336 g/mol. The Morgan fingerprint density at radius 3 is 2.81 bits per heavy atom. The van der Waals surface area contributed by atoms with Gasteiger partial charge in [-0.25, -0.2) is 0 Å². The highest BCUT2D eigenvalue weighted by Crippen LogP contribution is 2.62. The van der Waals surface area contributed by atoms with Crippen LogP contribution in [0.1, 0.15) is 31.2 Å². The molecule has 6 heteroatoms. The summed E-state index contributed by atoms with van der Waals surface area (Å²) in [6.07, 6.45) is 0.713. The van der Waals surface area contributed by atoms with Crippen molar-refractivity contribution in [2.75, 3.05) is 13.9 Å². The lowest BCUT2D eigenvalue weighted by Gasteiger charge is -2.41. The van der Waals surface area contributed by atoms with Gasteiger partial charge in [0.1, 0.15) is 6.10 Å². The molecule has 2 N–H and O–H groups in total.